The summed E-state index contributed by atoms with van der Waals surface area (Å²) in [5.41, 5.74) is 13.6. The molecule has 2 rings (SSSR count). The predicted molar refractivity (Wildman–Crippen MR) is 134 cm³/mol. The van der Waals surface area contributed by atoms with E-state index >= 15 is 0 Å². The summed E-state index contributed by atoms with van der Waals surface area (Å²) in [6, 6.07) is 7.60. The van der Waals surface area contributed by atoms with Crippen molar-refractivity contribution in [3.63, 3.8) is 0 Å². The Balaban J connectivity index is 2.31. The van der Waals surface area contributed by atoms with E-state index in [0.717, 1.165) is 59.1 Å². The van der Waals surface area contributed by atoms with Crippen LogP contribution in [0.4, 0.5) is 0 Å². The molecule has 0 aliphatic carbocycles. The summed E-state index contributed by atoms with van der Waals surface area (Å²) in [5, 5.41) is 14.2. The van der Waals surface area contributed by atoms with Gasteiger partial charge in [0, 0.05) is 18.3 Å². The molecule has 0 aliphatic heterocycles. The molecule has 8 nitrogen and oxygen atoms in total. The van der Waals surface area contributed by atoms with E-state index in [2.05, 4.69) is 28.4 Å². The molecule has 0 radical (unpaired) electrons. The Bertz CT molecular complexity index is 1010. The van der Waals surface area contributed by atoms with Crippen molar-refractivity contribution in [2.75, 3.05) is 26.9 Å². The topological polar surface area (TPSA) is 120 Å². The Morgan fingerprint density at radius 2 is 2.09 bits per heavy atom. The lowest BCUT2D eigenvalue weighted by atomic mass is 10.1. The number of nitrogens with two attached hydrogens (primary N) is 2. The molecule has 0 amide bonds. The standard InChI is InChI=1S/C25H39N5O3/c1-5-6-7-11-28-25(29-19(3)26)24-18(2)10-12-30(24)14-21-9-8-20(13-23(21)32-4)16-33-17-22(27)15-31/h8-10,12-13,22,28,31H,2,5-7,11,14-17,27H2,1,3-4H3,(H2,26,29)/b25-24+. The number of methoxy groups -OCH3 is 1. The zero-order chi connectivity index (χ0) is 24.2. The van der Waals surface area contributed by atoms with Crippen LogP contribution in [0.3, 0.4) is 0 Å². The molecule has 0 bridgehead atoms. The Kier molecular flexibility index (Phi) is 11.0. The number of rotatable bonds is 14. The number of nitrogens with zero attached hydrogens (tertiary/aromatic N) is 2. The van der Waals surface area contributed by atoms with Crippen molar-refractivity contribution in [1.82, 2.24) is 9.88 Å². The maximum absolute atomic E-state index is 9.02. The van der Waals surface area contributed by atoms with Gasteiger partial charge >= 0.3 is 0 Å². The Morgan fingerprint density at radius 3 is 2.76 bits per heavy atom. The SMILES string of the molecule is C=c1ccn(Cc2ccc(COCC(N)CO)cc2OC)/c1=C(/N=C(\C)N)NCCCCC. The number of aromatic nitrogens is 1. The minimum Gasteiger partial charge on any atom is -0.496 e. The van der Waals surface area contributed by atoms with Crippen LogP contribution in [0.25, 0.3) is 12.4 Å². The number of benzene rings is 1. The van der Waals surface area contributed by atoms with Crippen LogP contribution in [0.1, 0.15) is 44.2 Å². The molecule has 1 heterocycles. The third-order valence-electron chi connectivity index (χ3n) is 5.16. The molecule has 0 saturated heterocycles. The average molecular weight is 458 g/mol. The van der Waals surface area contributed by atoms with Crippen LogP contribution >= 0.6 is 0 Å². The van der Waals surface area contributed by atoms with Gasteiger partial charge in [0.25, 0.3) is 0 Å². The fourth-order valence-electron chi connectivity index (χ4n) is 3.45. The minimum atomic E-state index is -0.379. The normalized spacial score (nSPS) is 13.7. The maximum Gasteiger partial charge on any atom is 0.152 e. The van der Waals surface area contributed by atoms with Gasteiger partial charge in [-0.2, -0.15) is 0 Å². The van der Waals surface area contributed by atoms with Gasteiger partial charge in [-0.1, -0.05) is 38.5 Å². The second kappa shape index (κ2) is 13.7. The monoisotopic (exact) mass is 457 g/mol. The number of hydrogen-bond donors (Lipinski definition) is 4. The molecule has 6 N–H and O–H groups in total. The fourth-order valence-corrected chi connectivity index (χ4v) is 3.45. The van der Waals surface area contributed by atoms with Gasteiger partial charge in [-0.05, 0) is 36.3 Å². The van der Waals surface area contributed by atoms with E-state index in [4.69, 9.17) is 26.0 Å². The van der Waals surface area contributed by atoms with Crippen molar-refractivity contribution < 1.29 is 14.6 Å². The van der Waals surface area contributed by atoms with E-state index in [1.807, 2.05) is 30.5 Å². The van der Waals surface area contributed by atoms with Crippen LogP contribution in [0.5, 0.6) is 5.75 Å². The van der Waals surface area contributed by atoms with Crippen molar-refractivity contribution >= 4 is 18.2 Å². The highest BCUT2D eigenvalue weighted by Gasteiger charge is 2.10. The highest BCUT2D eigenvalue weighted by Crippen LogP contribution is 2.21. The molecule has 2 aromatic rings. The molecule has 1 aromatic heterocycles. The van der Waals surface area contributed by atoms with Crippen molar-refractivity contribution in [2.24, 2.45) is 16.5 Å². The third kappa shape index (κ3) is 8.24. The second-order valence-corrected chi connectivity index (χ2v) is 8.16. The van der Waals surface area contributed by atoms with Gasteiger partial charge in [0.05, 0.1) is 50.7 Å². The van der Waals surface area contributed by atoms with Gasteiger partial charge in [0.1, 0.15) is 5.75 Å². The van der Waals surface area contributed by atoms with E-state index in [1.165, 1.54) is 0 Å². The summed E-state index contributed by atoms with van der Waals surface area (Å²) in [5.74, 6) is 1.98. The number of aliphatic hydroxyl groups is 1. The largest absolute Gasteiger partial charge is 0.496 e. The Labute approximate surface area is 196 Å². The zero-order valence-electron chi connectivity index (χ0n) is 20.1. The number of aliphatic imine (C=N–C) groups is 1. The lowest BCUT2D eigenvalue weighted by molar-refractivity contribution is 0.0898. The first-order chi connectivity index (χ1) is 15.9. The number of nitrogens with one attached hydrogen (secondary N) is 1. The van der Waals surface area contributed by atoms with E-state index < -0.39 is 0 Å². The van der Waals surface area contributed by atoms with Gasteiger partial charge in [0.2, 0.25) is 0 Å². The molecule has 1 atom stereocenters. The average Bonchev–Trinajstić information content (AvgIpc) is 3.16. The second-order valence-electron chi connectivity index (χ2n) is 8.16. The third-order valence-corrected chi connectivity index (χ3v) is 5.16. The number of hydrogen-bond acceptors (Lipinski definition) is 6. The molecule has 0 aliphatic rings. The maximum atomic E-state index is 9.02. The van der Waals surface area contributed by atoms with E-state index in [-0.39, 0.29) is 12.6 Å². The fraction of sp³-hybridized carbons (Fsp3) is 0.480. The molecule has 182 valence electrons. The van der Waals surface area contributed by atoms with Crippen LogP contribution in [0.15, 0.2) is 35.5 Å². The number of ether oxygens (including phenoxy) is 2. The molecule has 1 unspecified atom stereocenters. The molecule has 0 fully saturated rings. The van der Waals surface area contributed by atoms with E-state index in [9.17, 15) is 0 Å². The number of unbranched alkanes of at least 4 members (excludes halogenated alkanes) is 2. The number of amidine groups is 1. The van der Waals surface area contributed by atoms with Crippen LogP contribution in [0.2, 0.25) is 0 Å². The van der Waals surface area contributed by atoms with Gasteiger partial charge in [0.15, 0.2) is 5.82 Å². The molecule has 0 saturated carbocycles. The van der Waals surface area contributed by atoms with Crippen molar-refractivity contribution in [1.29, 1.82) is 0 Å². The van der Waals surface area contributed by atoms with Crippen LogP contribution in [0, 0.1) is 0 Å². The van der Waals surface area contributed by atoms with Gasteiger partial charge in [-0.15, -0.1) is 0 Å². The summed E-state index contributed by atoms with van der Waals surface area (Å²) in [6.07, 6.45) is 5.37. The zero-order valence-corrected chi connectivity index (χ0v) is 20.1. The van der Waals surface area contributed by atoms with Crippen LogP contribution in [-0.2, 0) is 17.9 Å². The van der Waals surface area contributed by atoms with Crippen molar-refractivity contribution in [3.05, 3.63) is 52.2 Å². The highest BCUT2D eigenvalue weighted by molar-refractivity contribution is 5.81. The predicted octanol–water partition coefficient (Wildman–Crippen LogP) is 1.01. The summed E-state index contributed by atoms with van der Waals surface area (Å²) in [7, 11) is 1.66. The lowest BCUT2D eigenvalue weighted by Crippen LogP contribution is -2.36. The van der Waals surface area contributed by atoms with Crippen molar-refractivity contribution in [2.45, 2.75) is 52.3 Å². The summed E-state index contributed by atoms with van der Waals surface area (Å²) < 4.78 is 13.3. The molecule has 0 spiro atoms. The first-order valence-electron chi connectivity index (χ1n) is 11.4. The van der Waals surface area contributed by atoms with Gasteiger partial charge in [-0.3, -0.25) is 0 Å². The van der Waals surface area contributed by atoms with Gasteiger partial charge < -0.3 is 35.9 Å². The summed E-state index contributed by atoms with van der Waals surface area (Å²) in [6.45, 7) is 10.2. The lowest BCUT2D eigenvalue weighted by Gasteiger charge is -2.14. The smallest absolute Gasteiger partial charge is 0.152 e. The number of aliphatic hydroxyl groups excluding tert-OH is 1. The Morgan fingerprint density at radius 1 is 1.30 bits per heavy atom. The molecule has 1 aromatic carbocycles. The van der Waals surface area contributed by atoms with Crippen LogP contribution in [-0.4, -0.2) is 48.4 Å². The molecule has 33 heavy (non-hydrogen) atoms. The summed E-state index contributed by atoms with van der Waals surface area (Å²) >= 11 is 0. The first-order valence-corrected chi connectivity index (χ1v) is 11.4. The first kappa shape index (κ1) is 26.4. The van der Waals surface area contributed by atoms with E-state index in [1.54, 1.807) is 14.0 Å². The van der Waals surface area contributed by atoms with Gasteiger partial charge in [-0.25, -0.2) is 4.99 Å². The highest BCUT2D eigenvalue weighted by atomic mass is 16.5. The molecular weight excluding hydrogens is 418 g/mol. The quantitative estimate of drug-likeness (QED) is 0.191. The summed E-state index contributed by atoms with van der Waals surface area (Å²) in [4.78, 5) is 4.56. The Hall–Kier alpha value is -2.81. The van der Waals surface area contributed by atoms with Crippen LogP contribution < -0.4 is 32.1 Å². The molecule has 8 heteroatoms. The van der Waals surface area contributed by atoms with Crippen molar-refractivity contribution in [3.8, 4) is 5.75 Å². The molecular formula is C25H39N5O3. The van der Waals surface area contributed by atoms with E-state index in [0.29, 0.717) is 25.6 Å². The minimum absolute atomic E-state index is 0.101.